The van der Waals surface area contributed by atoms with E-state index < -0.39 is 0 Å². The van der Waals surface area contributed by atoms with Gasteiger partial charge >= 0.3 is 0 Å². The molecule has 3 heteroatoms. The van der Waals surface area contributed by atoms with Crippen molar-refractivity contribution in [2.75, 3.05) is 19.8 Å². The van der Waals surface area contributed by atoms with Gasteiger partial charge in [-0.15, -0.1) is 0 Å². The summed E-state index contributed by atoms with van der Waals surface area (Å²) >= 11 is 0. The quantitative estimate of drug-likeness (QED) is 0.794. The summed E-state index contributed by atoms with van der Waals surface area (Å²) in [4.78, 5) is 2.60. The molecule has 4 atom stereocenters. The zero-order valence-corrected chi connectivity index (χ0v) is 10.7. The van der Waals surface area contributed by atoms with Crippen LogP contribution in [0.25, 0.3) is 0 Å². The summed E-state index contributed by atoms with van der Waals surface area (Å²) in [6.07, 6.45) is 5.19. The third kappa shape index (κ3) is 2.76. The summed E-state index contributed by atoms with van der Waals surface area (Å²) in [6.45, 7) is 7.51. The smallest absolute Gasteiger partial charge is 0.0510 e. The zero-order chi connectivity index (χ0) is 11.5. The van der Waals surface area contributed by atoms with Gasteiger partial charge in [0.1, 0.15) is 0 Å². The van der Waals surface area contributed by atoms with E-state index >= 15 is 0 Å². The summed E-state index contributed by atoms with van der Waals surface area (Å²) < 4.78 is 5.42. The Kier molecular flexibility index (Phi) is 4.22. The third-order valence-corrected chi connectivity index (χ3v) is 4.37. The lowest BCUT2D eigenvalue weighted by Gasteiger charge is -2.41. The van der Waals surface area contributed by atoms with E-state index in [0.717, 1.165) is 26.2 Å². The number of piperidine rings is 1. The highest BCUT2D eigenvalue weighted by atomic mass is 16.5. The van der Waals surface area contributed by atoms with Gasteiger partial charge in [0.25, 0.3) is 0 Å². The van der Waals surface area contributed by atoms with Gasteiger partial charge in [-0.3, -0.25) is 4.90 Å². The fourth-order valence-electron chi connectivity index (χ4n) is 3.12. The van der Waals surface area contributed by atoms with Crippen molar-refractivity contribution in [2.45, 2.75) is 57.7 Å². The number of ether oxygens (including phenoxy) is 1. The van der Waals surface area contributed by atoms with Crippen LogP contribution in [-0.4, -0.2) is 42.8 Å². The Bertz CT molecular complexity index is 206. The van der Waals surface area contributed by atoms with Gasteiger partial charge < -0.3 is 10.5 Å². The molecule has 0 saturated carbocycles. The topological polar surface area (TPSA) is 38.5 Å². The number of hydrogen-bond acceptors (Lipinski definition) is 3. The van der Waals surface area contributed by atoms with Crippen LogP contribution in [0.4, 0.5) is 0 Å². The lowest BCUT2D eigenvalue weighted by atomic mass is 9.93. The van der Waals surface area contributed by atoms with E-state index in [2.05, 4.69) is 18.7 Å². The molecule has 3 nitrogen and oxygen atoms in total. The molecule has 0 amide bonds. The lowest BCUT2D eigenvalue weighted by molar-refractivity contribution is 0.0849. The van der Waals surface area contributed by atoms with Crippen molar-refractivity contribution in [3.05, 3.63) is 0 Å². The molecule has 0 aromatic carbocycles. The average molecular weight is 226 g/mol. The van der Waals surface area contributed by atoms with E-state index in [-0.39, 0.29) is 0 Å². The lowest BCUT2D eigenvalue weighted by Crippen LogP contribution is -2.51. The molecule has 94 valence electrons. The van der Waals surface area contributed by atoms with E-state index in [1.165, 1.54) is 19.3 Å². The van der Waals surface area contributed by atoms with E-state index in [1.807, 2.05) is 0 Å². The summed E-state index contributed by atoms with van der Waals surface area (Å²) in [5, 5.41) is 0. The van der Waals surface area contributed by atoms with Gasteiger partial charge in [-0.05, 0) is 33.1 Å². The highest BCUT2D eigenvalue weighted by Gasteiger charge is 2.30. The molecule has 4 unspecified atom stereocenters. The van der Waals surface area contributed by atoms with Gasteiger partial charge in [0.2, 0.25) is 0 Å². The first-order valence-electron chi connectivity index (χ1n) is 6.77. The van der Waals surface area contributed by atoms with Gasteiger partial charge in [0.15, 0.2) is 0 Å². The predicted molar refractivity (Wildman–Crippen MR) is 66.4 cm³/mol. The molecule has 2 heterocycles. The van der Waals surface area contributed by atoms with E-state index in [9.17, 15) is 0 Å². The molecule has 0 aliphatic carbocycles. The second-order valence-corrected chi connectivity index (χ2v) is 5.61. The Morgan fingerprint density at radius 3 is 2.50 bits per heavy atom. The maximum atomic E-state index is 6.31. The van der Waals surface area contributed by atoms with Crippen molar-refractivity contribution in [2.24, 2.45) is 11.7 Å². The van der Waals surface area contributed by atoms with Crippen LogP contribution in [0, 0.1) is 5.92 Å². The van der Waals surface area contributed by atoms with Crippen molar-refractivity contribution in [1.29, 1.82) is 0 Å². The molecule has 16 heavy (non-hydrogen) atoms. The van der Waals surface area contributed by atoms with Crippen LogP contribution in [0.1, 0.15) is 39.5 Å². The predicted octanol–water partition coefficient (Wildman–Crippen LogP) is 1.61. The fraction of sp³-hybridized carbons (Fsp3) is 1.00. The standard InChI is InChI=1S/C13H26N2O/c1-10-4-3-5-11(2)15(10)8-13(14)12-6-7-16-9-12/h10-13H,3-9,14H2,1-2H3. The van der Waals surface area contributed by atoms with Gasteiger partial charge in [-0.25, -0.2) is 0 Å². The highest BCUT2D eigenvalue weighted by Crippen LogP contribution is 2.24. The molecular weight excluding hydrogens is 200 g/mol. The average Bonchev–Trinajstić information content (AvgIpc) is 2.76. The maximum absolute atomic E-state index is 6.31. The first kappa shape index (κ1) is 12.3. The fourth-order valence-corrected chi connectivity index (χ4v) is 3.12. The highest BCUT2D eigenvalue weighted by molar-refractivity contribution is 4.86. The molecule has 2 fully saturated rings. The van der Waals surface area contributed by atoms with Gasteiger partial charge in [0, 0.05) is 37.2 Å². The minimum absolute atomic E-state index is 0.297. The number of nitrogens with zero attached hydrogens (tertiary/aromatic N) is 1. The Morgan fingerprint density at radius 1 is 1.25 bits per heavy atom. The molecule has 2 N–H and O–H groups in total. The molecule has 0 bridgehead atoms. The largest absolute Gasteiger partial charge is 0.381 e. The van der Waals surface area contributed by atoms with Gasteiger partial charge in [-0.1, -0.05) is 6.42 Å². The van der Waals surface area contributed by atoms with Crippen LogP contribution in [-0.2, 0) is 4.74 Å². The van der Waals surface area contributed by atoms with Crippen LogP contribution in [0.2, 0.25) is 0 Å². The van der Waals surface area contributed by atoms with Crippen molar-refractivity contribution in [3.8, 4) is 0 Å². The molecule has 0 radical (unpaired) electrons. The van der Waals surface area contributed by atoms with Crippen LogP contribution >= 0.6 is 0 Å². The van der Waals surface area contributed by atoms with Crippen LogP contribution in [0.3, 0.4) is 0 Å². The molecule has 0 aromatic rings. The van der Waals surface area contributed by atoms with Crippen LogP contribution < -0.4 is 5.73 Å². The molecule has 0 spiro atoms. The maximum Gasteiger partial charge on any atom is 0.0510 e. The molecule has 2 aliphatic rings. The second-order valence-electron chi connectivity index (χ2n) is 5.61. The second kappa shape index (κ2) is 5.48. The van der Waals surface area contributed by atoms with Crippen molar-refractivity contribution >= 4 is 0 Å². The zero-order valence-electron chi connectivity index (χ0n) is 10.7. The van der Waals surface area contributed by atoms with E-state index in [1.54, 1.807) is 0 Å². The molecular formula is C13H26N2O. The van der Waals surface area contributed by atoms with E-state index in [4.69, 9.17) is 10.5 Å². The Hall–Kier alpha value is -0.120. The van der Waals surface area contributed by atoms with Crippen LogP contribution in [0.5, 0.6) is 0 Å². The monoisotopic (exact) mass is 226 g/mol. The minimum Gasteiger partial charge on any atom is -0.381 e. The van der Waals surface area contributed by atoms with Crippen LogP contribution in [0.15, 0.2) is 0 Å². The molecule has 2 aliphatic heterocycles. The Balaban J connectivity index is 1.86. The SMILES string of the molecule is CC1CCCC(C)N1CC(N)C1CCOC1. The Morgan fingerprint density at radius 2 is 1.94 bits per heavy atom. The normalized spacial score (nSPS) is 38.8. The van der Waals surface area contributed by atoms with Gasteiger partial charge in [-0.2, -0.15) is 0 Å². The third-order valence-electron chi connectivity index (χ3n) is 4.37. The summed E-state index contributed by atoms with van der Waals surface area (Å²) in [5.74, 6) is 0.585. The number of nitrogens with two attached hydrogens (primary N) is 1. The number of likely N-dealkylation sites (tertiary alicyclic amines) is 1. The molecule has 0 aromatic heterocycles. The summed E-state index contributed by atoms with van der Waals surface area (Å²) in [7, 11) is 0. The first-order valence-corrected chi connectivity index (χ1v) is 6.77. The first-order chi connectivity index (χ1) is 7.68. The Labute approximate surface area is 99.3 Å². The van der Waals surface area contributed by atoms with Crippen molar-refractivity contribution < 1.29 is 4.74 Å². The minimum atomic E-state index is 0.297. The van der Waals surface area contributed by atoms with E-state index in [0.29, 0.717) is 24.0 Å². The molecule has 2 saturated heterocycles. The number of rotatable bonds is 3. The summed E-state index contributed by atoms with van der Waals surface area (Å²) in [5.41, 5.74) is 6.31. The summed E-state index contributed by atoms with van der Waals surface area (Å²) in [6, 6.07) is 1.71. The van der Waals surface area contributed by atoms with Gasteiger partial charge in [0.05, 0.1) is 6.61 Å². The molecule has 2 rings (SSSR count). The number of hydrogen-bond donors (Lipinski definition) is 1. The van der Waals surface area contributed by atoms with Crippen molar-refractivity contribution in [3.63, 3.8) is 0 Å². The van der Waals surface area contributed by atoms with Crippen molar-refractivity contribution in [1.82, 2.24) is 4.90 Å².